The second kappa shape index (κ2) is 6.11. The highest BCUT2D eigenvalue weighted by atomic mass is 19.4. The Hall–Kier alpha value is -0.950. The Morgan fingerprint density at radius 1 is 1.00 bits per heavy atom. The normalized spacial score (nSPS) is 12.8. The molecule has 0 heterocycles. The van der Waals surface area contributed by atoms with E-state index in [1.54, 1.807) is 0 Å². The smallest absolute Gasteiger partial charge is 0.413 e. The van der Waals surface area contributed by atoms with E-state index in [1.807, 2.05) is 13.8 Å². The summed E-state index contributed by atoms with van der Waals surface area (Å²) in [7, 11) is 0. The molecule has 0 amide bonds. The van der Waals surface area contributed by atoms with Crippen molar-refractivity contribution in [2.45, 2.75) is 46.0 Å². The number of hydrogen-bond donors (Lipinski definition) is 1. The minimum atomic E-state index is -5.85. The molecule has 0 bridgehead atoms. The van der Waals surface area contributed by atoms with E-state index < -0.39 is 36.6 Å². The molecule has 0 saturated carbocycles. The van der Waals surface area contributed by atoms with Crippen molar-refractivity contribution < 1.29 is 36.2 Å². The Bertz CT molecular complexity index is 229. The summed E-state index contributed by atoms with van der Waals surface area (Å²) in [5.74, 6) is -2.91. The lowest BCUT2D eigenvalue weighted by Gasteiger charge is -2.33. The van der Waals surface area contributed by atoms with E-state index in [4.69, 9.17) is 5.11 Å². The molecular weight excluding hydrogens is 254 g/mol. The van der Waals surface area contributed by atoms with Crippen LogP contribution in [-0.4, -0.2) is 23.4 Å². The largest absolute Gasteiger partial charge is 0.480 e. The van der Waals surface area contributed by atoms with Gasteiger partial charge >= 0.3 is 18.3 Å². The van der Waals surface area contributed by atoms with Gasteiger partial charge in [0.1, 0.15) is 0 Å². The van der Waals surface area contributed by atoms with Gasteiger partial charge in [-0.3, -0.25) is 4.79 Å². The van der Waals surface area contributed by atoms with Crippen LogP contribution in [0.2, 0.25) is 0 Å². The molecule has 0 aromatic heterocycles. The molecule has 0 unspecified atom stereocenters. The minimum Gasteiger partial charge on any atom is -0.480 e. The summed E-state index contributed by atoms with van der Waals surface area (Å²) in [5.41, 5.74) is -4.66. The fraction of sp³-hybridized carbons (Fsp3) is 0.889. The van der Waals surface area contributed by atoms with Crippen molar-refractivity contribution >= 4 is 5.97 Å². The van der Waals surface area contributed by atoms with E-state index in [0.717, 1.165) is 6.92 Å². The molecule has 2 nitrogen and oxygen atoms in total. The van der Waals surface area contributed by atoms with Crippen molar-refractivity contribution in [1.29, 1.82) is 0 Å². The number of alkyl halides is 6. The number of aliphatic carboxylic acids is 1. The predicted molar refractivity (Wildman–Crippen MR) is 48.4 cm³/mol. The van der Waals surface area contributed by atoms with Crippen LogP contribution in [0.5, 0.6) is 0 Å². The lowest BCUT2D eigenvalue weighted by atomic mass is 9.82. The molecule has 0 aromatic rings. The summed E-state index contributed by atoms with van der Waals surface area (Å²) in [5, 5.41) is 8.19. The highest BCUT2D eigenvalue weighted by Crippen LogP contribution is 2.53. The van der Waals surface area contributed by atoms with Crippen molar-refractivity contribution in [2.24, 2.45) is 5.41 Å². The molecule has 0 atom stereocenters. The average molecular weight is 268 g/mol. The van der Waals surface area contributed by atoms with Crippen LogP contribution in [0.25, 0.3) is 0 Å². The maximum Gasteiger partial charge on any atom is 0.413 e. The van der Waals surface area contributed by atoms with Crippen molar-refractivity contribution in [3.63, 3.8) is 0 Å². The third kappa shape index (κ3) is 3.50. The van der Waals surface area contributed by atoms with Crippen LogP contribution < -0.4 is 0 Å². The van der Waals surface area contributed by atoms with Crippen molar-refractivity contribution in [1.82, 2.24) is 0 Å². The number of carbonyl (C=O) groups is 1. The molecule has 17 heavy (non-hydrogen) atoms. The maximum absolute atomic E-state index is 12.2. The maximum atomic E-state index is 12.2. The summed E-state index contributed by atoms with van der Waals surface area (Å²) in [6.07, 6.45) is -13.8. The molecule has 0 rings (SSSR count). The molecule has 104 valence electrons. The topological polar surface area (TPSA) is 37.3 Å². The number of carboxylic acids is 1. The van der Waals surface area contributed by atoms with E-state index in [1.165, 1.54) is 0 Å². The first-order valence-electron chi connectivity index (χ1n) is 4.87. The van der Waals surface area contributed by atoms with Gasteiger partial charge in [-0.2, -0.15) is 26.3 Å². The summed E-state index contributed by atoms with van der Waals surface area (Å²) in [6.45, 7) is 5.05. The van der Waals surface area contributed by atoms with E-state index in [9.17, 15) is 31.1 Å². The van der Waals surface area contributed by atoms with Crippen LogP contribution >= 0.6 is 0 Å². The highest BCUT2D eigenvalue weighted by molar-refractivity contribution is 5.76. The molecule has 0 aliphatic carbocycles. The van der Waals surface area contributed by atoms with Gasteiger partial charge in [-0.15, -0.1) is 0 Å². The second-order valence-corrected chi connectivity index (χ2v) is 2.96. The van der Waals surface area contributed by atoms with Gasteiger partial charge in [0.25, 0.3) is 5.41 Å². The van der Waals surface area contributed by atoms with Gasteiger partial charge in [0.15, 0.2) is 0 Å². The molecule has 0 aliphatic heterocycles. The van der Waals surface area contributed by atoms with Crippen LogP contribution in [-0.2, 0) is 4.79 Å². The minimum absolute atomic E-state index is 0.536. The number of halogens is 6. The van der Waals surface area contributed by atoms with E-state index in [0.29, 0.717) is 0 Å². The zero-order valence-corrected chi connectivity index (χ0v) is 9.54. The molecule has 0 spiro atoms. The van der Waals surface area contributed by atoms with Crippen LogP contribution in [0.4, 0.5) is 26.3 Å². The number of hydrogen-bond acceptors (Lipinski definition) is 1. The number of carboxylic acid groups (broad SMARTS) is 1. The van der Waals surface area contributed by atoms with Crippen LogP contribution in [0.3, 0.4) is 0 Å². The zero-order valence-electron chi connectivity index (χ0n) is 9.54. The Morgan fingerprint density at radius 2 is 1.29 bits per heavy atom. The Kier molecular flexibility index (Phi) is 6.62. The monoisotopic (exact) mass is 268 g/mol. The predicted octanol–water partition coefficient (Wildman–Crippen LogP) is 4.01. The molecule has 0 saturated heterocycles. The summed E-state index contributed by atoms with van der Waals surface area (Å²) in [4.78, 5) is 10.3. The summed E-state index contributed by atoms with van der Waals surface area (Å²) in [6, 6.07) is 0. The molecule has 0 aromatic carbocycles. The standard InChI is InChI=1S/C7H8F6O2.C2H6/c1-2-3-5(4(14)15,6(8,9)10)7(11,12)13;1-2/h2-3H2,1H3,(H,14,15);1-2H3. The SMILES string of the molecule is CC.CCCC(C(=O)O)(C(F)(F)F)C(F)(F)F. The fourth-order valence-corrected chi connectivity index (χ4v) is 1.17. The molecule has 0 aliphatic rings. The number of rotatable bonds is 3. The van der Waals surface area contributed by atoms with E-state index >= 15 is 0 Å². The average Bonchev–Trinajstić information content (AvgIpc) is 2.12. The first kappa shape index (κ1) is 18.4. The first-order valence-corrected chi connectivity index (χ1v) is 4.87. The molecule has 0 fully saturated rings. The molecule has 1 N–H and O–H groups in total. The van der Waals surface area contributed by atoms with Crippen molar-refractivity contribution in [3.8, 4) is 0 Å². The lowest BCUT2D eigenvalue weighted by Crippen LogP contribution is -2.55. The first-order chi connectivity index (χ1) is 7.50. The van der Waals surface area contributed by atoms with Gasteiger partial charge in [-0.1, -0.05) is 27.2 Å². The van der Waals surface area contributed by atoms with Crippen LogP contribution in [0, 0.1) is 5.41 Å². The third-order valence-electron chi connectivity index (χ3n) is 1.96. The second-order valence-electron chi connectivity index (χ2n) is 2.96. The Balaban J connectivity index is 0. The Labute approximate surface area is 94.6 Å². The highest BCUT2D eigenvalue weighted by Gasteiger charge is 2.75. The van der Waals surface area contributed by atoms with Gasteiger partial charge in [0.05, 0.1) is 0 Å². The quantitative estimate of drug-likeness (QED) is 0.785. The van der Waals surface area contributed by atoms with Gasteiger partial charge in [-0.05, 0) is 6.42 Å². The molecular formula is C9H14F6O2. The van der Waals surface area contributed by atoms with Crippen molar-refractivity contribution in [3.05, 3.63) is 0 Å². The van der Waals surface area contributed by atoms with E-state index in [2.05, 4.69) is 0 Å². The van der Waals surface area contributed by atoms with Crippen LogP contribution in [0.1, 0.15) is 33.6 Å². The van der Waals surface area contributed by atoms with Gasteiger partial charge in [0, 0.05) is 0 Å². The lowest BCUT2D eigenvalue weighted by molar-refractivity contribution is -0.333. The van der Waals surface area contributed by atoms with Gasteiger partial charge in [0.2, 0.25) is 0 Å². The fourth-order valence-electron chi connectivity index (χ4n) is 1.17. The van der Waals surface area contributed by atoms with Crippen molar-refractivity contribution in [2.75, 3.05) is 0 Å². The molecule has 8 heteroatoms. The molecule has 0 radical (unpaired) electrons. The van der Waals surface area contributed by atoms with E-state index in [-0.39, 0.29) is 0 Å². The third-order valence-corrected chi connectivity index (χ3v) is 1.96. The van der Waals surface area contributed by atoms with Gasteiger partial charge < -0.3 is 5.11 Å². The zero-order chi connectivity index (χ0) is 14.5. The Morgan fingerprint density at radius 3 is 1.35 bits per heavy atom. The summed E-state index contributed by atoms with van der Waals surface area (Å²) >= 11 is 0. The van der Waals surface area contributed by atoms with Gasteiger partial charge in [-0.25, -0.2) is 0 Å². The summed E-state index contributed by atoms with van der Waals surface area (Å²) < 4.78 is 73.2. The van der Waals surface area contributed by atoms with Crippen LogP contribution in [0.15, 0.2) is 0 Å².